The lowest BCUT2D eigenvalue weighted by atomic mass is 10.1. The van der Waals surface area contributed by atoms with Crippen LogP contribution in [0.1, 0.15) is 15.9 Å². The van der Waals surface area contributed by atoms with Crippen molar-refractivity contribution in [2.24, 2.45) is 0 Å². The first-order valence-corrected chi connectivity index (χ1v) is 8.55. The molecule has 1 fully saturated rings. The molecule has 0 saturated carbocycles. The van der Waals surface area contributed by atoms with E-state index in [9.17, 15) is 4.79 Å². The Balaban J connectivity index is 1.44. The summed E-state index contributed by atoms with van der Waals surface area (Å²) in [6.07, 6.45) is 5.10. The van der Waals surface area contributed by atoms with Crippen LogP contribution in [0.5, 0.6) is 0 Å². The van der Waals surface area contributed by atoms with Gasteiger partial charge in [0.25, 0.3) is 5.91 Å². The van der Waals surface area contributed by atoms with Gasteiger partial charge in [0.15, 0.2) is 0 Å². The van der Waals surface area contributed by atoms with Gasteiger partial charge in [-0.3, -0.25) is 19.7 Å². The molecule has 0 atom stereocenters. The number of fused-ring (bicyclic) bond motifs is 1. The van der Waals surface area contributed by atoms with E-state index in [2.05, 4.69) is 39.1 Å². The molecule has 0 N–H and O–H groups in total. The summed E-state index contributed by atoms with van der Waals surface area (Å²) in [5, 5.41) is 0.899. The number of pyridine rings is 2. The Morgan fingerprint density at radius 3 is 2.56 bits per heavy atom. The fourth-order valence-corrected chi connectivity index (χ4v) is 3.28. The number of hydrogen-bond donors (Lipinski definition) is 0. The molecular weight excluding hydrogens is 312 g/mol. The van der Waals surface area contributed by atoms with Crippen molar-refractivity contribution in [3.05, 3.63) is 72.2 Å². The Labute approximate surface area is 146 Å². The molecule has 2 aromatic heterocycles. The molecule has 0 spiro atoms. The average Bonchev–Trinajstić information content (AvgIpc) is 2.68. The predicted octanol–water partition coefficient (Wildman–Crippen LogP) is 2.59. The largest absolute Gasteiger partial charge is 0.336 e. The fraction of sp³-hybridized carbons (Fsp3) is 0.250. The molecule has 5 nitrogen and oxygen atoms in total. The maximum absolute atomic E-state index is 12.9. The second kappa shape index (κ2) is 6.99. The number of piperazine rings is 1. The Kier molecular flexibility index (Phi) is 4.39. The van der Waals surface area contributed by atoms with E-state index in [1.807, 2.05) is 23.1 Å². The van der Waals surface area contributed by atoms with Crippen molar-refractivity contribution in [2.75, 3.05) is 26.2 Å². The monoisotopic (exact) mass is 332 g/mol. The SMILES string of the molecule is O=C(c1cncc2cccnc12)N1CCN(Cc2ccccc2)CC1. The second-order valence-corrected chi connectivity index (χ2v) is 6.32. The van der Waals surface area contributed by atoms with Gasteiger partial charge in [-0.2, -0.15) is 0 Å². The quantitative estimate of drug-likeness (QED) is 0.740. The van der Waals surface area contributed by atoms with E-state index in [1.54, 1.807) is 18.6 Å². The maximum Gasteiger partial charge on any atom is 0.257 e. The van der Waals surface area contributed by atoms with Crippen molar-refractivity contribution >= 4 is 16.8 Å². The molecule has 1 amide bonds. The molecule has 1 aliphatic rings. The van der Waals surface area contributed by atoms with Gasteiger partial charge < -0.3 is 4.90 Å². The Bertz CT molecular complexity index is 868. The fourth-order valence-electron chi connectivity index (χ4n) is 3.28. The topological polar surface area (TPSA) is 49.3 Å². The van der Waals surface area contributed by atoms with Crippen LogP contribution in [0.3, 0.4) is 0 Å². The van der Waals surface area contributed by atoms with Crippen LogP contribution in [0.4, 0.5) is 0 Å². The Morgan fingerprint density at radius 1 is 0.960 bits per heavy atom. The summed E-state index contributed by atoms with van der Waals surface area (Å²) >= 11 is 0. The van der Waals surface area contributed by atoms with Gasteiger partial charge in [0, 0.05) is 56.7 Å². The molecular formula is C20H20N4O. The first-order valence-electron chi connectivity index (χ1n) is 8.55. The third kappa shape index (κ3) is 3.37. The van der Waals surface area contributed by atoms with Crippen molar-refractivity contribution in [3.63, 3.8) is 0 Å². The minimum atomic E-state index is 0.0242. The zero-order chi connectivity index (χ0) is 17.1. The summed E-state index contributed by atoms with van der Waals surface area (Å²) < 4.78 is 0. The molecule has 3 heterocycles. The number of nitrogens with zero attached hydrogens (tertiary/aromatic N) is 4. The molecule has 5 heteroatoms. The lowest BCUT2D eigenvalue weighted by molar-refractivity contribution is 0.0630. The number of benzene rings is 1. The van der Waals surface area contributed by atoms with Gasteiger partial charge in [-0.1, -0.05) is 30.3 Å². The molecule has 0 aliphatic carbocycles. The van der Waals surface area contributed by atoms with Crippen LogP contribution in [0.25, 0.3) is 10.9 Å². The summed E-state index contributed by atoms with van der Waals surface area (Å²) in [5.41, 5.74) is 2.63. The molecule has 1 saturated heterocycles. The highest BCUT2D eigenvalue weighted by Gasteiger charge is 2.24. The molecule has 4 rings (SSSR count). The highest BCUT2D eigenvalue weighted by Crippen LogP contribution is 2.17. The van der Waals surface area contributed by atoms with Gasteiger partial charge in [0.1, 0.15) is 0 Å². The predicted molar refractivity (Wildman–Crippen MR) is 97.2 cm³/mol. The summed E-state index contributed by atoms with van der Waals surface area (Å²) in [5.74, 6) is 0.0242. The van der Waals surface area contributed by atoms with Crippen LogP contribution >= 0.6 is 0 Å². The van der Waals surface area contributed by atoms with Crippen molar-refractivity contribution < 1.29 is 4.79 Å². The van der Waals surface area contributed by atoms with Crippen LogP contribution in [-0.4, -0.2) is 51.9 Å². The minimum Gasteiger partial charge on any atom is -0.336 e. The molecule has 0 bridgehead atoms. The van der Waals surface area contributed by atoms with Gasteiger partial charge in [0.2, 0.25) is 0 Å². The second-order valence-electron chi connectivity index (χ2n) is 6.32. The van der Waals surface area contributed by atoms with Crippen LogP contribution < -0.4 is 0 Å². The highest BCUT2D eigenvalue weighted by atomic mass is 16.2. The van der Waals surface area contributed by atoms with Crippen molar-refractivity contribution in [1.82, 2.24) is 19.8 Å². The number of rotatable bonds is 3. The first-order chi connectivity index (χ1) is 12.3. The summed E-state index contributed by atoms with van der Waals surface area (Å²) in [6.45, 7) is 4.16. The molecule has 1 aromatic carbocycles. The van der Waals surface area contributed by atoms with Gasteiger partial charge >= 0.3 is 0 Å². The number of hydrogen-bond acceptors (Lipinski definition) is 4. The first kappa shape index (κ1) is 15.7. The highest BCUT2D eigenvalue weighted by molar-refractivity contribution is 6.04. The van der Waals surface area contributed by atoms with Gasteiger partial charge in [-0.15, -0.1) is 0 Å². The third-order valence-corrected chi connectivity index (χ3v) is 4.65. The van der Waals surface area contributed by atoms with E-state index in [-0.39, 0.29) is 5.91 Å². The van der Waals surface area contributed by atoms with E-state index < -0.39 is 0 Å². The van der Waals surface area contributed by atoms with Gasteiger partial charge in [-0.25, -0.2) is 0 Å². The molecule has 0 radical (unpaired) electrons. The lowest BCUT2D eigenvalue weighted by Gasteiger charge is -2.34. The molecule has 3 aromatic rings. The molecule has 25 heavy (non-hydrogen) atoms. The van der Waals surface area contributed by atoms with E-state index in [4.69, 9.17) is 0 Å². The molecule has 1 aliphatic heterocycles. The van der Waals surface area contributed by atoms with Crippen LogP contribution in [-0.2, 0) is 6.54 Å². The zero-order valence-electron chi connectivity index (χ0n) is 14.0. The van der Waals surface area contributed by atoms with Gasteiger partial charge in [0.05, 0.1) is 11.1 Å². The maximum atomic E-state index is 12.9. The number of aromatic nitrogens is 2. The molecule has 126 valence electrons. The standard InChI is InChI=1S/C20H20N4O/c25-20(18-14-21-13-17-7-4-8-22-19(17)18)24-11-9-23(10-12-24)15-16-5-2-1-3-6-16/h1-8,13-14H,9-12,15H2. The van der Waals surface area contributed by atoms with Gasteiger partial charge in [-0.05, 0) is 17.7 Å². The van der Waals surface area contributed by atoms with Crippen LogP contribution in [0, 0.1) is 0 Å². The van der Waals surface area contributed by atoms with E-state index >= 15 is 0 Å². The number of carbonyl (C=O) groups excluding carboxylic acids is 1. The normalized spacial score (nSPS) is 15.4. The van der Waals surface area contributed by atoms with Crippen molar-refractivity contribution in [3.8, 4) is 0 Å². The van der Waals surface area contributed by atoms with Crippen molar-refractivity contribution in [2.45, 2.75) is 6.54 Å². The third-order valence-electron chi connectivity index (χ3n) is 4.65. The van der Waals surface area contributed by atoms with Crippen LogP contribution in [0.2, 0.25) is 0 Å². The number of carbonyl (C=O) groups is 1. The lowest BCUT2D eigenvalue weighted by Crippen LogP contribution is -2.48. The summed E-state index contributed by atoms with van der Waals surface area (Å²) in [4.78, 5) is 25.8. The zero-order valence-corrected chi connectivity index (χ0v) is 14.0. The van der Waals surface area contributed by atoms with E-state index in [1.165, 1.54) is 5.56 Å². The van der Waals surface area contributed by atoms with E-state index in [0.717, 1.165) is 43.6 Å². The summed E-state index contributed by atoms with van der Waals surface area (Å²) in [7, 11) is 0. The average molecular weight is 332 g/mol. The van der Waals surface area contributed by atoms with Crippen molar-refractivity contribution in [1.29, 1.82) is 0 Å². The minimum absolute atomic E-state index is 0.0242. The smallest absolute Gasteiger partial charge is 0.257 e. The summed E-state index contributed by atoms with van der Waals surface area (Å²) in [6, 6.07) is 14.2. The van der Waals surface area contributed by atoms with Crippen LogP contribution in [0.15, 0.2) is 61.1 Å². The Hall–Kier alpha value is -2.79. The van der Waals surface area contributed by atoms with E-state index in [0.29, 0.717) is 5.56 Å². The number of amides is 1. The molecule has 0 unspecified atom stereocenters. The Morgan fingerprint density at radius 2 is 1.76 bits per heavy atom.